The van der Waals surface area contributed by atoms with E-state index in [0.29, 0.717) is 20.4 Å². The van der Waals surface area contributed by atoms with Crippen LogP contribution in [0.3, 0.4) is 0 Å². The molecule has 0 aliphatic heterocycles. The van der Waals surface area contributed by atoms with Crippen LogP contribution in [0, 0.1) is 5.82 Å². The molecule has 2 rings (SSSR count). The summed E-state index contributed by atoms with van der Waals surface area (Å²) in [5.41, 5.74) is 0.454. The number of benzene rings is 1. The van der Waals surface area contributed by atoms with Crippen LogP contribution in [0.25, 0.3) is 0 Å². The predicted octanol–water partition coefficient (Wildman–Crippen LogP) is 4.28. The predicted molar refractivity (Wildman–Crippen MR) is 65.6 cm³/mol. The summed E-state index contributed by atoms with van der Waals surface area (Å²) >= 11 is 10.2. The molecule has 0 amide bonds. The molecule has 0 unspecified atom stereocenters. The first kappa shape index (κ1) is 11.8. The van der Waals surface area contributed by atoms with Crippen molar-refractivity contribution in [2.75, 3.05) is 0 Å². The van der Waals surface area contributed by atoms with Crippen molar-refractivity contribution < 1.29 is 9.13 Å². The first-order valence-electron chi connectivity index (χ1n) is 4.33. The van der Waals surface area contributed by atoms with Gasteiger partial charge in [0.25, 0.3) is 5.19 Å². The van der Waals surface area contributed by atoms with Gasteiger partial charge in [-0.1, -0.05) is 29.0 Å². The van der Waals surface area contributed by atoms with E-state index in [4.69, 9.17) is 16.3 Å². The zero-order valence-electron chi connectivity index (χ0n) is 7.91. The lowest BCUT2D eigenvalue weighted by Crippen LogP contribution is -1.97. The molecular weight excluding hydrogens is 317 g/mol. The molecule has 0 aliphatic carbocycles. The number of nitrogens with zero attached hydrogens (tertiary/aromatic N) is 1. The summed E-state index contributed by atoms with van der Waals surface area (Å²) in [5.74, 6) is -0.372. The van der Waals surface area contributed by atoms with Crippen molar-refractivity contribution in [3.8, 4) is 5.19 Å². The maximum atomic E-state index is 13.4. The number of thiazole rings is 1. The zero-order valence-corrected chi connectivity index (χ0v) is 11.1. The van der Waals surface area contributed by atoms with E-state index in [1.54, 1.807) is 17.5 Å². The molecule has 0 N–H and O–H groups in total. The van der Waals surface area contributed by atoms with E-state index in [1.165, 1.54) is 17.4 Å². The van der Waals surface area contributed by atoms with Crippen LogP contribution >= 0.6 is 38.9 Å². The average molecular weight is 323 g/mol. The Morgan fingerprint density at radius 3 is 2.94 bits per heavy atom. The molecule has 0 bridgehead atoms. The van der Waals surface area contributed by atoms with Crippen LogP contribution < -0.4 is 4.74 Å². The maximum Gasteiger partial charge on any atom is 0.274 e. The normalized spacial score (nSPS) is 10.4. The second-order valence-electron chi connectivity index (χ2n) is 2.96. The average Bonchev–Trinajstić information content (AvgIpc) is 2.63. The summed E-state index contributed by atoms with van der Waals surface area (Å²) in [6.07, 6.45) is 0. The molecule has 16 heavy (non-hydrogen) atoms. The van der Waals surface area contributed by atoms with Crippen LogP contribution in [-0.2, 0) is 6.61 Å². The van der Waals surface area contributed by atoms with Crippen molar-refractivity contribution in [1.29, 1.82) is 0 Å². The number of hydrogen-bond acceptors (Lipinski definition) is 3. The lowest BCUT2D eigenvalue weighted by atomic mass is 10.2. The standard InChI is InChI=1S/C10H6BrClFNOS/c11-9-5-16-10(14-9)15-4-6-1-2-7(12)3-8(6)13/h1-3,5H,4H2. The van der Waals surface area contributed by atoms with Crippen LogP contribution in [0.5, 0.6) is 5.19 Å². The summed E-state index contributed by atoms with van der Waals surface area (Å²) in [6, 6.07) is 4.49. The summed E-state index contributed by atoms with van der Waals surface area (Å²) in [4.78, 5) is 4.04. The fourth-order valence-electron chi connectivity index (χ4n) is 1.08. The van der Waals surface area contributed by atoms with Crippen LogP contribution in [-0.4, -0.2) is 4.98 Å². The Labute approximate surface area is 109 Å². The molecule has 1 heterocycles. The second kappa shape index (κ2) is 5.12. The van der Waals surface area contributed by atoms with Crippen molar-refractivity contribution in [2.45, 2.75) is 6.61 Å². The highest BCUT2D eigenvalue weighted by atomic mass is 79.9. The van der Waals surface area contributed by atoms with Crippen molar-refractivity contribution in [3.05, 3.63) is 44.6 Å². The first-order valence-corrected chi connectivity index (χ1v) is 6.38. The number of halogens is 3. The monoisotopic (exact) mass is 321 g/mol. The molecular formula is C10H6BrClFNOS. The van der Waals surface area contributed by atoms with Crippen LogP contribution in [0.1, 0.15) is 5.56 Å². The van der Waals surface area contributed by atoms with Gasteiger partial charge in [-0.05, 0) is 28.1 Å². The highest BCUT2D eigenvalue weighted by Crippen LogP contribution is 2.23. The Morgan fingerprint density at radius 1 is 1.50 bits per heavy atom. The molecule has 0 aliphatic rings. The largest absolute Gasteiger partial charge is 0.465 e. The van der Waals surface area contributed by atoms with Gasteiger partial charge in [0.1, 0.15) is 17.0 Å². The van der Waals surface area contributed by atoms with Crippen LogP contribution in [0.2, 0.25) is 5.02 Å². The van der Waals surface area contributed by atoms with E-state index in [9.17, 15) is 4.39 Å². The van der Waals surface area contributed by atoms with Gasteiger partial charge in [0.15, 0.2) is 0 Å². The SMILES string of the molecule is Fc1cc(Cl)ccc1COc1nc(Br)cs1. The molecule has 0 atom stereocenters. The molecule has 6 heteroatoms. The highest BCUT2D eigenvalue weighted by Gasteiger charge is 2.05. The van der Waals surface area contributed by atoms with Crippen molar-refractivity contribution >= 4 is 38.9 Å². The van der Waals surface area contributed by atoms with E-state index in [2.05, 4.69) is 20.9 Å². The Bertz CT molecular complexity index is 505. The fraction of sp³-hybridized carbons (Fsp3) is 0.100. The minimum atomic E-state index is -0.372. The van der Waals surface area contributed by atoms with Crippen LogP contribution in [0.4, 0.5) is 4.39 Å². The van der Waals surface area contributed by atoms with E-state index < -0.39 is 0 Å². The Morgan fingerprint density at radius 2 is 2.31 bits per heavy atom. The molecule has 2 nitrogen and oxygen atoms in total. The lowest BCUT2D eigenvalue weighted by molar-refractivity contribution is 0.298. The van der Waals surface area contributed by atoms with Crippen molar-refractivity contribution in [2.24, 2.45) is 0 Å². The minimum Gasteiger partial charge on any atom is -0.465 e. The fourth-order valence-corrected chi connectivity index (χ4v) is 2.33. The summed E-state index contributed by atoms with van der Waals surface area (Å²) < 4.78 is 19.4. The molecule has 0 radical (unpaired) electrons. The second-order valence-corrected chi connectivity index (χ2v) is 5.03. The third-order valence-corrected chi connectivity index (χ3v) is 3.52. The van der Waals surface area contributed by atoms with Gasteiger partial charge in [0.05, 0.1) is 0 Å². The van der Waals surface area contributed by atoms with Crippen LogP contribution in [0.15, 0.2) is 28.2 Å². The molecule has 0 saturated carbocycles. The minimum absolute atomic E-state index is 0.142. The molecule has 1 aromatic carbocycles. The highest BCUT2D eigenvalue weighted by molar-refractivity contribution is 9.10. The van der Waals surface area contributed by atoms with Gasteiger partial charge in [0, 0.05) is 16.0 Å². The number of ether oxygens (including phenoxy) is 1. The molecule has 2 aromatic rings. The topological polar surface area (TPSA) is 22.1 Å². The van der Waals surface area contributed by atoms with Crippen molar-refractivity contribution in [1.82, 2.24) is 4.98 Å². The molecule has 0 saturated heterocycles. The van der Waals surface area contributed by atoms with E-state index in [0.717, 1.165) is 0 Å². The Hall–Kier alpha value is -0.650. The molecule has 0 spiro atoms. The van der Waals surface area contributed by atoms with E-state index in [1.807, 2.05) is 0 Å². The van der Waals surface area contributed by atoms with Gasteiger partial charge in [-0.15, -0.1) is 0 Å². The summed E-state index contributed by atoms with van der Waals surface area (Å²) in [5, 5.41) is 2.67. The molecule has 0 fully saturated rings. The smallest absolute Gasteiger partial charge is 0.274 e. The van der Waals surface area contributed by atoms with Crippen molar-refractivity contribution in [3.63, 3.8) is 0 Å². The van der Waals surface area contributed by atoms with Gasteiger partial charge in [0.2, 0.25) is 0 Å². The van der Waals surface area contributed by atoms with Gasteiger partial charge < -0.3 is 4.74 Å². The quantitative estimate of drug-likeness (QED) is 0.841. The zero-order chi connectivity index (χ0) is 11.5. The Kier molecular flexibility index (Phi) is 3.78. The third kappa shape index (κ3) is 2.93. The number of rotatable bonds is 3. The lowest BCUT2D eigenvalue weighted by Gasteiger charge is -2.03. The van der Waals surface area contributed by atoms with Gasteiger partial charge >= 0.3 is 0 Å². The van der Waals surface area contributed by atoms with E-state index in [-0.39, 0.29) is 12.4 Å². The molecule has 1 aromatic heterocycles. The number of hydrogen-bond donors (Lipinski definition) is 0. The summed E-state index contributed by atoms with van der Waals surface area (Å²) in [6.45, 7) is 0.142. The van der Waals surface area contributed by atoms with Gasteiger partial charge in [-0.2, -0.15) is 4.98 Å². The number of aromatic nitrogens is 1. The first-order chi connectivity index (χ1) is 7.65. The molecule has 84 valence electrons. The van der Waals surface area contributed by atoms with Gasteiger partial charge in [-0.25, -0.2) is 4.39 Å². The van der Waals surface area contributed by atoms with E-state index >= 15 is 0 Å². The van der Waals surface area contributed by atoms with Gasteiger partial charge in [-0.3, -0.25) is 0 Å². The summed E-state index contributed by atoms with van der Waals surface area (Å²) in [7, 11) is 0. The third-order valence-electron chi connectivity index (χ3n) is 1.82. The maximum absolute atomic E-state index is 13.4. The Balaban J connectivity index is 2.04.